The van der Waals surface area contributed by atoms with E-state index in [1.54, 1.807) is 43.3 Å². The van der Waals surface area contributed by atoms with Gasteiger partial charge in [0.25, 0.3) is 5.91 Å². The molecule has 0 radical (unpaired) electrons. The van der Waals surface area contributed by atoms with E-state index in [9.17, 15) is 9.90 Å². The second-order valence-corrected chi connectivity index (χ2v) is 4.71. The number of phenols is 1. The fourth-order valence-electron chi connectivity index (χ4n) is 1.94. The topological polar surface area (TPSA) is 88.2 Å². The predicted octanol–water partition coefficient (Wildman–Crippen LogP) is 3.00. The number of carbonyl (C=O) groups excluding carboxylic acids is 1. The van der Waals surface area contributed by atoms with Crippen molar-refractivity contribution in [1.82, 2.24) is 9.97 Å². The summed E-state index contributed by atoms with van der Waals surface area (Å²) in [5.74, 6) is 1.14. The Kier molecular flexibility index (Phi) is 3.57. The van der Waals surface area contributed by atoms with Gasteiger partial charge in [0.15, 0.2) is 11.6 Å². The van der Waals surface area contributed by atoms with Gasteiger partial charge in [-0.15, -0.1) is 0 Å². The minimum atomic E-state index is -0.359. The van der Waals surface area contributed by atoms with Crippen molar-refractivity contribution in [2.45, 2.75) is 6.92 Å². The smallest absolute Gasteiger partial charge is 0.291 e. The number of aromatic nitrogens is 2. The molecular weight excluding hydrogens is 282 g/mol. The molecule has 1 aromatic carbocycles. The maximum Gasteiger partial charge on any atom is 0.291 e. The first-order valence-electron chi connectivity index (χ1n) is 6.61. The number of aryl methyl sites for hydroxylation is 1. The van der Waals surface area contributed by atoms with Crippen LogP contribution in [0.5, 0.6) is 5.75 Å². The molecule has 2 aromatic heterocycles. The molecule has 6 nitrogen and oxygen atoms in total. The number of nitrogens with one attached hydrogen (secondary N) is 1. The van der Waals surface area contributed by atoms with E-state index in [2.05, 4.69) is 15.3 Å². The summed E-state index contributed by atoms with van der Waals surface area (Å²) in [4.78, 5) is 20.3. The van der Waals surface area contributed by atoms with Gasteiger partial charge in [0.1, 0.15) is 11.5 Å². The first-order chi connectivity index (χ1) is 10.6. The number of hydrogen-bond acceptors (Lipinski definition) is 5. The molecule has 110 valence electrons. The highest BCUT2D eigenvalue weighted by Gasteiger charge is 2.11. The molecular formula is C16H13N3O3. The molecule has 0 aliphatic carbocycles. The van der Waals surface area contributed by atoms with Crippen molar-refractivity contribution in [3.8, 4) is 17.1 Å². The van der Waals surface area contributed by atoms with E-state index in [0.717, 1.165) is 0 Å². The first kappa shape index (κ1) is 13.8. The second kappa shape index (κ2) is 5.69. The lowest BCUT2D eigenvalue weighted by molar-refractivity contribution is 0.0995. The number of benzene rings is 1. The molecule has 2 heterocycles. The molecule has 0 fully saturated rings. The molecule has 0 atom stereocenters. The maximum atomic E-state index is 11.9. The van der Waals surface area contributed by atoms with Gasteiger partial charge >= 0.3 is 0 Å². The minimum Gasteiger partial charge on any atom is -0.508 e. The molecule has 0 saturated carbocycles. The third kappa shape index (κ3) is 2.95. The Morgan fingerprint density at radius 2 is 1.95 bits per heavy atom. The lowest BCUT2D eigenvalue weighted by Gasteiger charge is -2.04. The molecule has 0 saturated heterocycles. The van der Waals surface area contributed by atoms with Gasteiger partial charge in [-0.2, -0.15) is 0 Å². The van der Waals surface area contributed by atoms with Crippen LogP contribution >= 0.6 is 0 Å². The molecule has 0 aliphatic rings. The largest absolute Gasteiger partial charge is 0.508 e. The second-order valence-electron chi connectivity index (χ2n) is 4.71. The molecule has 3 aromatic rings. The number of hydrogen-bond donors (Lipinski definition) is 2. The number of aromatic hydroxyl groups is 1. The van der Waals surface area contributed by atoms with Crippen molar-refractivity contribution in [2.75, 3.05) is 5.32 Å². The van der Waals surface area contributed by atoms with E-state index < -0.39 is 0 Å². The lowest BCUT2D eigenvalue weighted by atomic mass is 10.2. The zero-order valence-electron chi connectivity index (χ0n) is 11.8. The maximum absolute atomic E-state index is 11.9. The van der Waals surface area contributed by atoms with Crippen LogP contribution in [0.25, 0.3) is 11.4 Å². The molecule has 1 amide bonds. The summed E-state index contributed by atoms with van der Waals surface area (Å²) in [6.45, 7) is 1.77. The molecule has 0 unspecified atom stereocenters. The Balaban J connectivity index is 1.76. The molecule has 3 rings (SSSR count). The van der Waals surface area contributed by atoms with Crippen molar-refractivity contribution >= 4 is 11.6 Å². The van der Waals surface area contributed by atoms with Crippen molar-refractivity contribution in [1.29, 1.82) is 0 Å². The van der Waals surface area contributed by atoms with Gasteiger partial charge in [0.2, 0.25) is 0 Å². The predicted molar refractivity (Wildman–Crippen MR) is 80.5 cm³/mol. The van der Waals surface area contributed by atoms with Crippen LogP contribution in [0.3, 0.4) is 0 Å². The number of phenolic OH excluding ortho intramolecular Hbond substituents is 1. The van der Waals surface area contributed by atoms with Gasteiger partial charge in [0.05, 0.1) is 18.1 Å². The van der Waals surface area contributed by atoms with Crippen LogP contribution in [0.2, 0.25) is 0 Å². The fourth-order valence-corrected chi connectivity index (χ4v) is 1.94. The third-order valence-corrected chi connectivity index (χ3v) is 2.98. The lowest BCUT2D eigenvalue weighted by Crippen LogP contribution is -2.11. The van der Waals surface area contributed by atoms with Gasteiger partial charge in [-0.1, -0.05) is 12.1 Å². The zero-order chi connectivity index (χ0) is 15.5. The molecule has 0 spiro atoms. The van der Waals surface area contributed by atoms with E-state index in [1.165, 1.54) is 12.4 Å². The Morgan fingerprint density at radius 1 is 1.18 bits per heavy atom. The van der Waals surface area contributed by atoms with Crippen molar-refractivity contribution in [2.24, 2.45) is 0 Å². The monoisotopic (exact) mass is 295 g/mol. The molecule has 0 aliphatic heterocycles. The summed E-state index contributed by atoms with van der Waals surface area (Å²) in [7, 11) is 0. The summed E-state index contributed by atoms with van der Waals surface area (Å²) < 4.78 is 5.24. The Hall–Kier alpha value is -3.15. The minimum absolute atomic E-state index is 0.145. The quantitative estimate of drug-likeness (QED) is 0.775. The van der Waals surface area contributed by atoms with Crippen LogP contribution in [0.1, 0.15) is 16.3 Å². The highest BCUT2D eigenvalue weighted by atomic mass is 16.3. The van der Waals surface area contributed by atoms with Gasteiger partial charge < -0.3 is 14.8 Å². The van der Waals surface area contributed by atoms with Crippen LogP contribution in [0.15, 0.2) is 53.2 Å². The van der Waals surface area contributed by atoms with Gasteiger partial charge in [0, 0.05) is 5.56 Å². The van der Waals surface area contributed by atoms with Crippen molar-refractivity contribution in [3.63, 3.8) is 0 Å². The molecule has 0 bridgehead atoms. The van der Waals surface area contributed by atoms with Gasteiger partial charge in [-0.05, 0) is 31.2 Å². The molecule has 22 heavy (non-hydrogen) atoms. The highest BCUT2D eigenvalue weighted by molar-refractivity contribution is 6.02. The van der Waals surface area contributed by atoms with Crippen molar-refractivity contribution in [3.05, 3.63) is 60.3 Å². The van der Waals surface area contributed by atoms with Crippen molar-refractivity contribution < 1.29 is 14.3 Å². The van der Waals surface area contributed by atoms with E-state index >= 15 is 0 Å². The van der Waals surface area contributed by atoms with Crippen LogP contribution < -0.4 is 5.32 Å². The molecule has 6 heteroatoms. The van der Waals surface area contributed by atoms with Crippen LogP contribution in [-0.2, 0) is 0 Å². The number of furan rings is 1. The van der Waals surface area contributed by atoms with Crippen LogP contribution in [0, 0.1) is 6.92 Å². The summed E-state index contributed by atoms with van der Waals surface area (Å²) >= 11 is 0. The zero-order valence-corrected chi connectivity index (χ0v) is 11.8. The number of anilines is 1. The average molecular weight is 295 g/mol. The fraction of sp³-hybridized carbons (Fsp3) is 0.0625. The Morgan fingerprint density at radius 3 is 2.59 bits per heavy atom. The third-order valence-electron chi connectivity index (χ3n) is 2.98. The normalized spacial score (nSPS) is 10.4. The van der Waals surface area contributed by atoms with Crippen LogP contribution in [0.4, 0.5) is 5.69 Å². The molecule has 2 N–H and O–H groups in total. The number of rotatable bonds is 3. The Labute approximate surface area is 126 Å². The first-order valence-corrected chi connectivity index (χ1v) is 6.61. The highest BCUT2D eigenvalue weighted by Crippen LogP contribution is 2.20. The standard InChI is InChI=1S/C16H13N3O3/c1-10-5-6-14(22-10)16(21)19-12-8-17-15(18-9-12)11-3-2-4-13(20)7-11/h2-9,20H,1H3,(H,19,21). The van der Waals surface area contributed by atoms with Gasteiger partial charge in [-0.25, -0.2) is 9.97 Å². The van der Waals surface area contributed by atoms with E-state index in [0.29, 0.717) is 22.8 Å². The summed E-state index contributed by atoms with van der Waals surface area (Å²) in [5, 5.41) is 12.1. The number of amides is 1. The summed E-state index contributed by atoms with van der Waals surface area (Å²) in [6, 6.07) is 9.97. The summed E-state index contributed by atoms with van der Waals surface area (Å²) in [6.07, 6.45) is 3.00. The Bertz CT molecular complexity index is 810. The number of carbonyl (C=O) groups is 1. The summed E-state index contributed by atoms with van der Waals surface area (Å²) in [5.41, 5.74) is 1.16. The average Bonchev–Trinajstić information content (AvgIpc) is 2.95. The van der Waals surface area contributed by atoms with E-state index in [-0.39, 0.29) is 17.4 Å². The van der Waals surface area contributed by atoms with Gasteiger partial charge in [-0.3, -0.25) is 4.79 Å². The van der Waals surface area contributed by atoms with E-state index in [4.69, 9.17) is 4.42 Å². The van der Waals surface area contributed by atoms with Crippen LogP contribution in [-0.4, -0.2) is 21.0 Å². The SMILES string of the molecule is Cc1ccc(C(=O)Nc2cnc(-c3cccc(O)c3)nc2)o1. The van der Waals surface area contributed by atoms with E-state index in [1.807, 2.05) is 0 Å². The number of nitrogens with zero attached hydrogens (tertiary/aromatic N) is 2.